The van der Waals surface area contributed by atoms with Crippen LogP contribution in [-0.4, -0.2) is 28.2 Å². The Balaban J connectivity index is 1.96. The van der Waals surface area contributed by atoms with E-state index >= 15 is 0 Å². The van der Waals surface area contributed by atoms with Crippen molar-refractivity contribution >= 4 is 22.8 Å². The van der Waals surface area contributed by atoms with E-state index in [-0.39, 0.29) is 18.2 Å². The number of nitrogens with one attached hydrogen (secondary N) is 1. The zero-order valence-electron chi connectivity index (χ0n) is 11.2. The van der Waals surface area contributed by atoms with Crippen molar-refractivity contribution in [2.45, 2.75) is 19.8 Å². The normalized spacial score (nSPS) is 12.5. The van der Waals surface area contributed by atoms with Crippen LogP contribution in [0.25, 0.3) is 11.1 Å². The molecule has 108 valence electrons. The van der Waals surface area contributed by atoms with E-state index in [1.165, 1.54) is 12.1 Å². The summed E-state index contributed by atoms with van der Waals surface area (Å²) < 4.78 is 5.42. The quantitative estimate of drug-likeness (QED) is 0.459. The molecule has 1 atom stereocenters. The van der Waals surface area contributed by atoms with Crippen LogP contribution >= 0.6 is 0 Å². The number of aromatic nitrogens is 1. The summed E-state index contributed by atoms with van der Waals surface area (Å²) in [6, 6.07) is 4.69. The molecule has 20 heavy (non-hydrogen) atoms. The first kappa shape index (κ1) is 14.3. The maximum absolute atomic E-state index is 10.7. The van der Waals surface area contributed by atoms with Crippen LogP contribution in [0, 0.1) is 16.0 Å². The summed E-state index contributed by atoms with van der Waals surface area (Å²) >= 11 is 0. The number of rotatable bonds is 7. The molecule has 0 bridgehead atoms. The molecule has 0 fully saturated rings. The summed E-state index contributed by atoms with van der Waals surface area (Å²) in [5, 5.41) is 22.6. The van der Waals surface area contributed by atoms with Gasteiger partial charge in [0.15, 0.2) is 5.58 Å². The Morgan fingerprint density at radius 3 is 3.05 bits per heavy atom. The Morgan fingerprint density at radius 1 is 1.55 bits per heavy atom. The molecular weight excluding hydrogens is 262 g/mol. The number of non-ortho nitro benzene ring substituents is 1. The van der Waals surface area contributed by atoms with Crippen molar-refractivity contribution < 1.29 is 14.4 Å². The minimum absolute atomic E-state index is 0.0167. The van der Waals surface area contributed by atoms with E-state index in [1.54, 1.807) is 6.07 Å². The fourth-order valence-electron chi connectivity index (χ4n) is 1.84. The Bertz CT molecular complexity index is 596. The highest BCUT2D eigenvalue weighted by molar-refractivity contribution is 5.77. The van der Waals surface area contributed by atoms with Gasteiger partial charge < -0.3 is 14.8 Å². The second-order valence-electron chi connectivity index (χ2n) is 4.78. The highest BCUT2D eigenvalue weighted by Gasteiger charge is 2.11. The van der Waals surface area contributed by atoms with Gasteiger partial charge in [-0.05, 0) is 24.8 Å². The van der Waals surface area contributed by atoms with Crippen LogP contribution in [0.5, 0.6) is 0 Å². The van der Waals surface area contributed by atoms with Crippen molar-refractivity contribution in [1.82, 2.24) is 4.98 Å². The van der Waals surface area contributed by atoms with Gasteiger partial charge in [-0.15, -0.1) is 0 Å². The van der Waals surface area contributed by atoms with Crippen LogP contribution in [0.4, 0.5) is 11.7 Å². The SMILES string of the molecule is CC(CO)CCCNc1nc2ccc([N+](=O)[O-])cc2o1. The maximum Gasteiger partial charge on any atom is 0.295 e. The predicted molar refractivity (Wildman–Crippen MR) is 74.6 cm³/mol. The van der Waals surface area contributed by atoms with Gasteiger partial charge in [-0.2, -0.15) is 4.98 Å². The number of oxazole rings is 1. The number of aliphatic hydroxyl groups is 1. The van der Waals surface area contributed by atoms with Crippen LogP contribution in [0.3, 0.4) is 0 Å². The third-order valence-electron chi connectivity index (χ3n) is 3.04. The number of anilines is 1. The molecule has 1 unspecified atom stereocenters. The van der Waals surface area contributed by atoms with Crippen LogP contribution in [0.1, 0.15) is 19.8 Å². The number of fused-ring (bicyclic) bond motifs is 1. The van der Waals surface area contributed by atoms with Gasteiger partial charge in [-0.25, -0.2) is 0 Å². The molecular formula is C13H17N3O4. The second kappa shape index (κ2) is 6.33. The molecule has 2 aromatic rings. The van der Waals surface area contributed by atoms with Gasteiger partial charge in [-0.3, -0.25) is 10.1 Å². The molecule has 2 rings (SSSR count). The molecule has 0 aliphatic carbocycles. The first-order valence-electron chi connectivity index (χ1n) is 6.50. The van der Waals surface area contributed by atoms with E-state index in [0.29, 0.717) is 23.7 Å². The van der Waals surface area contributed by atoms with Crippen LogP contribution in [0.2, 0.25) is 0 Å². The number of benzene rings is 1. The van der Waals surface area contributed by atoms with Gasteiger partial charge in [0.05, 0.1) is 11.0 Å². The lowest BCUT2D eigenvalue weighted by Gasteiger charge is -2.06. The zero-order chi connectivity index (χ0) is 14.5. The minimum atomic E-state index is -0.467. The van der Waals surface area contributed by atoms with E-state index < -0.39 is 4.92 Å². The first-order chi connectivity index (χ1) is 9.60. The number of hydrogen-bond donors (Lipinski definition) is 2. The van der Waals surface area contributed by atoms with E-state index in [0.717, 1.165) is 12.8 Å². The lowest BCUT2D eigenvalue weighted by atomic mass is 10.1. The van der Waals surface area contributed by atoms with Gasteiger partial charge in [0.2, 0.25) is 0 Å². The lowest BCUT2D eigenvalue weighted by Crippen LogP contribution is -2.06. The molecule has 7 heteroatoms. The molecule has 0 aliphatic heterocycles. The fraction of sp³-hybridized carbons (Fsp3) is 0.462. The summed E-state index contributed by atoms with van der Waals surface area (Å²) in [4.78, 5) is 14.4. The topological polar surface area (TPSA) is 101 Å². The third-order valence-corrected chi connectivity index (χ3v) is 3.04. The number of nitrogens with zero attached hydrogens (tertiary/aromatic N) is 2. The monoisotopic (exact) mass is 279 g/mol. The molecule has 0 spiro atoms. The fourth-order valence-corrected chi connectivity index (χ4v) is 1.84. The van der Waals surface area contributed by atoms with Crippen LogP contribution < -0.4 is 5.32 Å². The standard InChI is InChI=1S/C13H17N3O4/c1-9(8-17)3-2-6-14-13-15-11-5-4-10(16(18)19)7-12(11)20-13/h4-5,7,9,17H,2-3,6,8H2,1H3,(H,14,15). The largest absolute Gasteiger partial charge is 0.423 e. The molecule has 0 saturated carbocycles. The first-order valence-corrected chi connectivity index (χ1v) is 6.50. The van der Waals surface area contributed by atoms with Gasteiger partial charge in [-0.1, -0.05) is 6.92 Å². The summed E-state index contributed by atoms with van der Waals surface area (Å²) in [7, 11) is 0. The van der Waals surface area contributed by atoms with Crippen molar-refractivity contribution in [3.63, 3.8) is 0 Å². The van der Waals surface area contributed by atoms with Crippen LogP contribution in [-0.2, 0) is 0 Å². The highest BCUT2D eigenvalue weighted by atomic mass is 16.6. The van der Waals surface area contributed by atoms with Gasteiger partial charge in [0, 0.05) is 19.2 Å². The molecule has 1 aromatic heterocycles. The van der Waals surface area contributed by atoms with E-state index in [2.05, 4.69) is 10.3 Å². The Kier molecular flexibility index (Phi) is 4.52. The van der Waals surface area contributed by atoms with E-state index in [4.69, 9.17) is 9.52 Å². The van der Waals surface area contributed by atoms with Gasteiger partial charge in [0.25, 0.3) is 11.7 Å². The maximum atomic E-state index is 10.7. The van der Waals surface area contributed by atoms with Crippen molar-refractivity contribution in [3.8, 4) is 0 Å². The summed E-state index contributed by atoms with van der Waals surface area (Å²) in [6.45, 7) is 2.85. The Morgan fingerprint density at radius 2 is 2.35 bits per heavy atom. The molecule has 0 saturated heterocycles. The Hall–Kier alpha value is -2.15. The molecule has 0 amide bonds. The van der Waals surface area contributed by atoms with Crippen molar-refractivity contribution in [1.29, 1.82) is 0 Å². The van der Waals surface area contributed by atoms with Crippen molar-refractivity contribution in [2.24, 2.45) is 5.92 Å². The van der Waals surface area contributed by atoms with Gasteiger partial charge >= 0.3 is 0 Å². The summed E-state index contributed by atoms with van der Waals surface area (Å²) in [6.07, 6.45) is 1.80. The number of aliphatic hydroxyl groups excluding tert-OH is 1. The highest BCUT2D eigenvalue weighted by Crippen LogP contribution is 2.23. The predicted octanol–water partition coefficient (Wildman–Crippen LogP) is 2.56. The van der Waals surface area contributed by atoms with Gasteiger partial charge in [0.1, 0.15) is 5.52 Å². The second-order valence-corrected chi connectivity index (χ2v) is 4.78. The average molecular weight is 279 g/mol. The van der Waals surface area contributed by atoms with E-state index in [9.17, 15) is 10.1 Å². The number of nitro benzene ring substituents is 1. The van der Waals surface area contributed by atoms with Crippen LogP contribution in [0.15, 0.2) is 22.6 Å². The molecule has 1 aromatic carbocycles. The Labute approximate surface area is 115 Å². The van der Waals surface area contributed by atoms with E-state index in [1.807, 2.05) is 6.92 Å². The molecule has 0 radical (unpaired) electrons. The summed E-state index contributed by atoms with van der Waals surface area (Å²) in [5.41, 5.74) is 0.962. The van der Waals surface area contributed by atoms with Crippen molar-refractivity contribution in [3.05, 3.63) is 28.3 Å². The minimum Gasteiger partial charge on any atom is -0.423 e. The smallest absolute Gasteiger partial charge is 0.295 e. The average Bonchev–Trinajstić information content (AvgIpc) is 2.84. The van der Waals surface area contributed by atoms with Crippen molar-refractivity contribution in [2.75, 3.05) is 18.5 Å². The third kappa shape index (κ3) is 3.45. The molecule has 0 aliphatic rings. The lowest BCUT2D eigenvalue weighted by molar-refractivity contribution is -0.384. The molecule has 1 heterocycles. The number of nitro groups is 1. The number of hydrogen-bond acceptors (Lipinski definition) is 6. The summed E-state index contributed by atoms with van der Waals surface area (Å²) in [5.74, 6) is 0.281. The molecule has 2 N–H and O–H groups in total. The molecule has 7 nitrogen and oxygen atoms in total. The zero-order valence-corrected chi connectivity index (χ0v) is 11.2.